The van der Waals surface area contributed by atoms with Crippen molar-refractivity contribution < 1.29 is 18.3 Å². The molecule has 0 aliphatic carbocycles. The number of benzene rings is 1. The molecule has 0 radical (unpaired) electrons. The summed E-state index contributed by atoms with van der Waals surface area (Å²) in [6.07, 6.45) is 0.789. The van der Waals surface area contributed by atoms with Crippen LogP contribution in [0.4, 0.5) is 8.78 Å². The third-order valence-corrected chi connectivity index (χ3v) is 5.80. The number of aromatic nitrogens is 4. The van der Waals surface area contributed by atoms with Gasteiger partial charge in [-0.1, -0.05) is 12.1 Å². The van der Waals surface area contributed by atoms with E-state index in [1.165, 1.54) is 6.20 Å². The number of hydrogen-bond acceptors (Lipinski definition) is 5. The number of amides is 1. The van der Waals surface area contributed by atoms with E-state index in [1.807, 2.05) is 0 Å². The summed E-state index contributed by atoms with van der Waals surface area (Å²) in [5, 5.41) is 4.51. The number of likely N-dealkylation sites (tertiary alicyclic amines) is 1. The van der Waals surface area contributed by atoms with Gasteiger partial charge in [-0.25, -0.2) is 18.4 Å². The van der Waals surface area contributed by atoms with E-state index >= 15 is 0 Å². The van der Waals surface area contributed by atoms with Crippen LogP contribution >= 0.6 is 0 Å². The second-order valence-corrected chi connectivity index (χ2v) is 7.74. The van der Waals surface area contributed by atoms with Crippen LogP contribution in [0, 0.1) is 0 Å². The van der Waals surface area contributed by atoms with E-state index in [9.17, 15) is 18.4 Å². The minimum atomic E-state index is -2.72. The molecule has 8 nitrogen and oxygen atoms in total. The number of carbonyl (C=O) groups is 1. The number of halogens is 2. The fraction of sp³-hybridized carbons (Fsp3) is 0.429. The summed E-state index contributed by atoms with van der Waals surface area (Å²) in [6.45, 7) is 0.851. The van der Waals surface area contributed by atoms with Gasteiger partial charge in [-0.05, 0) is 25.0 Å². The summed E-state index contributed by atoms with van der Waals surface area (Å²) in [7, 11) is 0. The minimum absolute atomic E-state index is 0.191. The molecule has 162 valence electrons. The first-order chi connectivity index (χ1) is 15.0. The molecule has 2 aliphatic rings. The third-order valence-electron chi connectivity index (χ3n) is 5.80. The van der Waals surface area contributed by atoms with Crippen molar-refractivity contribution in [1.29, 1.82) is 0 Å². The lowest BCUT2D eigenvalue weighted by Gasteiger charge is -2.27. The summed E-state index contributed by atoms with van der Waals surface area (Å²) in [4.78, 5) is 32.5. The molecule has 0 N–H and O–H groups in total. The molecule has 2 aromatic heterocycles. The van der Waals surface area contributed by atoms with Crippen LogP contribution in [0.3, 0.4) is 0 Å². The molecular formula is C21H21F2N5O3. The Morgan fingerprint density at radius 2 is 2.06 bits per heavy atom. The topological polar surface area (TPSA) is 82.2 Å². The van der Waals surface area contributed by atoms with Gasteiger partial charge in [0, 0.05) is 19.5 Å². The Labute approximate surface area is 176 Å². The molecule has 4 heterocycles. The summed E-state index contributed by atoms with van der Waals surface area (Å²) >= 11 is 0. The highest BCUT2D eigenvalue weighted by Crippen LogP contribution is 2.34. The molecule has 1 fully saturated rings. The molecule has 3 aromatic rings. The standard InChI is InChI=1S/C21H21F2N5O3/c22-17(23)12-27-18(25-15-6-2-1-5-13(15)19(27)29)16-7-3-8-26(16)20(30)14-11-24-28-9-4-10-31-21(14)28/h1-2,5-6,11,16-17H,3-4,7-10,12H2. The fourth-order valence-corrected chi connectivity index (χ4v) is 4.40. The van der Waals surface area contributed by atoms with Crippen LogP contribution in [0.5, 0.6) is 5.88 Å². The van der Waals surface area contributed by atoms with Gasteiger partial charge in [0.2, 0.25) is 5.88 Å². The van der Waals surface area contributed by atoms with Gasteiger partial charge in [-0.15, -0.1) is 0 Å². The normalized spacial score (nSPS) is 18.4. The Hall–Kier alpha value is -3.30. The predicted octanol–water partition coefficient (Wildman–Crippen LogP) is 2.62. The number of para-hydroxylation sites is 1. The number of rotatable bonds is 4. The Kier molecular flexibility index (Phi) is 4.91. The minimum Gasteiger partial charge on any atom is -0.477 e. The van der Waals surface area contributed by atoms with Gasteiger partial charge in [0.15, 0.2) is 0 Å². The van der Waals surface area contributed by atoms with Crippen LogP contribution in [-0.2, 0) is 13.1 Å². The van der Waals surface area contributed by atoms with Gasteiger partial charge in [0.1, 0.15) is 11.4 Å². The van der Waals surface area contributed by atoms with Crippen molar-refractivity contribution in [3.8, 4) is 5.88 Å². The zero-order valence-corrected chi connectivity index (χ0v) is 16.7. The van der Waals surface area contributed by atoms with Crippen molar-refractivity contribution in [2.45, 2.75) is 44.8 Å². The largest absolute Gasteiger partial charge is 0.477 e. The maximum Gasteiger partial charge on any atom is 0.261 e. The molecule has 0 saturated carbocycles. The van der Waals surface area contributed by atoms with Crippen molar-refractivity contribution in [2.75, 3.05) is 13.2 Å². The maximum absolute atomic E-state index is 13.4. The number of alkyl halides is 2. The quantitative estimate of drug-likeness (QED) is 0.637. The summed E-state index contributed by atoms with van der Waals surface area (Å²) < 4.78 is 35.0. The predicted molar refractivity (Wildman–Crippen MR) is 107 cm³/mol. The number of nitrogens with zero attached hydrogens (tertiary/aromatic N) is 5. The van der Waals surface area contributed by atoms with Gasteiger partial charge >= 0.3 is 0 Å². The Bertz CT molecular complexity index is 1210. The third kappa shape index (κ3) is 3.35. The average molecular weight is 429 g/mol. The van der Waals surface area contributed by atoms with E-state index in [4.69, 9.17) is 4.74 Å². The molecule has 31 heavy (non-hydrogen) atoms. The van der Waals surface area contributed by atoms with Crippen LogP contribution in [0.2, 0.25) is 0 Å². The molecule has 1 unspecified atom stereocenters. The number of aryl methyl sites for hydroxylation is 1. The first-order valence-electron chi connectivity index (χ1n) is 10.3. The van der Waals surface area contributed by atoms with Gasteiger partial charge in [0.25, 0.3) is 17.9 Å². The molecule has 1 atom stereocenters. The Morgan fingerprint density at radius 1 is 1.23 bits per heavy atom. The molecule has 1 saturated heterocycles. The smallest absolute Gasteiger partial charge is 0.261 e. The van der Waals surface area contributed by atoms with Crippen LogP contribution < -0.4 is 10.3 Å². The monoisotopic (exact) mass is 429 g/mol. The van der Waals surface area contributed by atoms with Gasteiger partial charge in [0.05, 0.1) is 36.3 Å². The number of fused-ring (bicyclic) bond motifs is 2. The summed E-state index contributed by atoms with van der Waals surface area (Å²) in [6, 6.07) is 6.08. The highest BCUT2D eigenvalue weighted by atomic mass is 19.3. The Morgan fingerprint density at radius 3 is 2.90 bits per heavy atom. The molecule has 5 rings (SSSR count). The van der Waals surface area contributed by atoms with Crippen molar-refractivity contribution in [2.24, 2.45) is 0 Å². The Balaban J connectivity index is 1.58. The number of ether oxygens (including phenoxy) is 1. The van der Waals surface area contributed by atoms with E-state index in [0.29, 0.717) is 49.5 Å². The van der Waals surface area contributed by atoms with Gasteiger partial charge < -0.3 is 9.64 Å². The van der Waals surface area contributed by atoms with E-state index in [1.54, 1.807) is 33.8 Å². The van der Waals surface area contributed by atoms with Crippen LogP contribution in [0.1, 0.15) is 41.5 Å². The lowest BCUT2D eigenvalue weighted by molar-refractivity contribution is 0.0714. The van der Waals surface area contributed by atoms with Crippen molar-refractivity contribution >= 4 is 16.8 Å². The van der Waals surface area contributed by atoms with E-state index < -0.39 is 24.6 Å². The maximum atomic E-state index is 13.4. The lowest BCUT2D eigenvalue weighted by Crippen LogP contribution is -2.36. The molecule has 1 amide bonds. The van der Waals surface area contributed by atoms with Gasteiger partial charge in [-0.3, -0.25) is 14.2 Å². The summed E-state index contributed by atoms with van der Waals surface area (Å²) in [5.74, 6) is 0.326. The van der Waals surface area contributed by atoms with Crippen molar-refractivity contribution in [3.63, 3.8) is 0 Å². The SMILES string of the molecule is O=C(c1cnn2c1OCCC2)N1CCCC1c1nc2ccccc2c(=O)n1CC(F)F. The molecule has 0 bridgehead atoms. The highest BCUT2D eigenvalue weighted by molar-refractivity contribution is 5.96. The van der Waals surface area contributed by atoms with E-state index in [0.717, 1.165) is 11.0 Å². The first kappa shape index (κ1) is 19.7. The van der Waals surface area contributed by atoms with E-state index in [-0.39, 0.29) is 17.1 Å². The molecule has 10 heteroatoms. The summed E-state index contributed by atoms with van der Waals surface area (Å²) in [5.41, 5.74) is 0.250. The lowest BCUT2D eigenvalue weighted by atomic mass is 10.1. The molecule has 1 aromatic carbocycles. The van der Waals surface area contributed by atoms with E-state index in [2.05, 4.69) is 10.1 Å². The van der Waals surface area contributed by atoms with Crippen molar-refractivity contribution in [3.05, 3.63) is 52.2 Å². The molecular weight excluding hydrogens is 408 g/mol. The second kappa shape index (κ2) is 7.75. The van der Waals surface area contributed by atoms with Gasteiger partial charge in [-0.2, -0.15) is 5.10 Å². The second-order valence-electron chi connectivity index (χ2n) is 7.74. The van der Waals surface area contributed by atoms with Crippen LogP contribution in [0.25, 0.3) is 10.9 Å². The number of hydrogen-bond donors (Lipinski definition) is 0. The molecule has 2 aliphatic heterocycles. The first-order valence-corrected chi connectivity index (χ1v) is 10.3. The fourth-order valence-electron chi connectivity index (χ4n) is 4.40. The van der Waals surface area contributed by atoms with Crippen LogP contribution in [0.15, 0.2) is 35.3 Å². The highest BCUT2D eigenvalue weighted by Gasteiger charge is 2.36. The van der Waals surface area contributed by atoms with Crippen LogP contribution in [-0.4, -0.2) is 49.7 Å². The number of carbonyl (C=O) groups excluding carboxylic acids is 1. The van der Waals surface area contributed by atoms with Crippen molar-refractivity contribution in [1.82, 2.24) is 24.2 Å². The zero-order chi connectivity index (χ0) is 21.5. The zero-order valence-electron chi connectivity index (χ0n) is 16.7. The molecule has 0 spiro atoms. The average Bonchev–Trinajstić information content (AvgIpc) is 3.42.